The van der Waals surface area contributed by atoms with Crippen LogP contribution >= 0.6 is 0 Å². The van der Waals surface area contributed by atoms with Gasteiger partial charge in [-0.2, -0.15) is 17.5 Å². The number of rotatable bonds is 5. The van der Waals surface area contributed by atoms with Gasteiger partial charge in [0, 0.05) is 18.0 Å². The average molecular weight is 436 g/mol. The maximum Gasteiger partial charge on any atom is 0.416 e. The number of hydrogen-bond donors (Lipinski definition) is 0. The van der Waals surface area contributed by atoms with Crippen LogP contribution in [0.15, 0.2) is 60.7 Å². The Balaban J connectivity index is 1.40. The SMILES string of the molecule is O=S(=O)(Cc1ccc(C(F)(F)F)cc1)N1CCC(Oc2ccc3ccccc3n2)C1. The van der Waals surface area contributed by atoms with Crippen molar-refractivity contribution >= 4 is 20.9 Å². The molecular formula is C21H19F3N2O3S. The lowest BCUT2D eigenvalue weighted by molar-refractivity contribution is -0.137. The number of aromatic nitrogens is 1. The van der Waals surface area contributed by atoms with E-state index in [2.05, 4.69) is 4.98 Å². The van der Waals surface area contributed by atoms with Crippen LogP contribution in [0.3, 0.4) is 0 Å². The Labute approximate surface area is 172 Å². The van der Waals surface area contributed by atoms with Crippen molar-refractivity contribution in [2.75, 3.05) is 13.1 Å². The highest BCUT2D eigenvalue weighted by atomic mass is 32.2. The molecule has 1 aliphatic rings. The van der Waals surface area contributed by atoms with E-state index in [1.165, 1.54) is 16.4 Å². The molecule has 1 saturated heterocycles. The quantitative estimate of drug-likeness (QED) is 0.601. The van der Waals surface area contributed by atoms with Gasteiger partial charge in [-0.05, 0) is 36.2 Å². The smallest absolute Gasteiger partial charge is 0.416 e. The van der Waals surface area contributed by atoms with Crippen LogP contribution in [0.5, 0.6) is 5.88 Å². The number of benzene rings is 2. The largest absolute Gasteiger partial charge is 0.473 e. The Morgan fingerprint density at radius 3 is 2.50 bits per heavy atom. The second-order valence-corrected chi connectivity index (χ2v) is 9.15. The predicted octanol–water partition coefficient (Wildman–Crippen LogP) is 4.24. The zero-order valence-corrected chi connectivity index (χ0v) is 16.7. The Hall–Kier alpha value is -2.65. The van der Waals surface area contributed by atoms with Crippen molar-refractivity contribution in [2.45, 2.75) is 24.5 Å². The van der Waals surface area contributed by atoms with Gasteiger partial charge in [-0.15, -0.1) is 0 Å². The first-order valence-corrected chi connectivity index (χ1v) is 11.0. The lowest BCUT2D eigenvalue weighted by Gasteiger charge is -2.17. The van der Waals surface area contributed by atoms with Gasteiger partial charge in [0.1, 0.15) is 6.10 Å². The summed E-state index contributed by atoms with van der Waals surface area (Å²) in [5.41, 5.74) is 0.296. The molecule has 1 aliphatic heterocycles. The summed E-state index contributed by atoms with van der Waals surface area (Å²) in [4.78, 5) is 4.44. The molecule has 0 saturated carbocycles. The summed E-state index contributed by atoms with van der Waals surface area (Å²) in [6.45, 7) is 0.471. The minimum absolute atomic E-state index is 0.178. The molecule has 0 radical (unpaired) electrons. The van der Waals surface area contributed by atoms with Gasteiger partial charge in [0.05, 0.1) is 23.4 Å². The lowest BCUT2D eigenvalue weighted by atomic mass is 10.1. The van der Waals surface area contributed by atoms with Crippen molar-refractivity contribution in [2.24, 2.45) is 0 Å². The first-order valence-electron chi connectivity index (χ1n) is 9.37. The van der Waals surface area contributed by atoms with E-state index in [-0.39, 0.29) is 18.4 Å². The highest BCUT2D eigenvalue weighted by Crippen LogP contribution is 2.30. The van der Waals surface area contributed by atoms with Crippen molar-refractivity contribution in [1.82, 2.24) is 9.29 Å². The third-order valence-corrected chi connectivity index (χ3v) is 6.81. The highest BCUT2D eigenvalue weighted by molar-refractivity contribution is 7.88. The predicted molar refractivity (Wildman–Crippen MR) is 106 cm³/mol. The molecule has 4 rings (SSSR count). The number of hydrogen-bond acceptors (Lipinski definition) is 4. The van der Waals surface area contributed by atoms with Gasteiger partial charge in [-0.25, -0.2) is 13.4 Å². The van der Waals surface area contributed by atoms with E-state index in [1.54, 1.807) is 6.07 Å². The summed E-state index contributed by atoms with van der Waals surface area (Å²) < 4.78 is 70.6. The topological polar surface area (TPSA) is 59.5 Å². The van der Waals surface area contributed by atoms with E-state index in [9.17, 15) is 21.6 Å². The van der Waals surface area contributed by atoms with Gasteiger partial charge in [0.25, 0.3) is 0 Å². The van der Waals surface area contributed by atoms with Crippen LogP contribution in [-0.4, -0.2) is 36.9 Å². The van der Waals surface area contributed by atoms with E-state index >= 15 is 0 Å². The van der Waals surface area contributed by atoms with Crippen LogP contribution in [0.2, 0.25) is 0 Å². The van der Waals surface area contributed by atoms with Crippen molar-refractivity contribution < 1.29 is 26.3 Å². The van der Waals surface area contributed by atoms with Gasteiger partial charge in [0.2, 0.25) is 15.9 Å². The maximum atomic E-state index is 12.7. The van der Waals surface area contributed by atoms with Crippen molar-refractivity contribution in [3.8, 4) is 5.88 Å². The molecule has 3 aromatic rings. The van der Waals surface area contributed by atoms with Gasteiger partial charge in [-0.1, -0.05) is 30.3 Å². The Morgan fingerprint density at radius 1 is 1.03 bits per heavy atom. The van der Waals surface area contributed by atoms with E-state index in [4.69, 9.17) is 4.74 Å². The van der Waals surface area contributed by atoms with Crippen LogP contribution in [0.4, 0.5) is 13.2 Å². The molecule has 0 spiro atoms. The molecule has 2 aromatic carbocycles. The van der Waals surface area contributed by atoms with Gasteiger partial charge >= 0.3 is 6.18 Å². The average Bonchev–Trinajstić information content (AvgIpc) is 3.17. The van der Waals surface area contributed by atoms with Crippen LogP contribution in [0, 0.1) is 0 Å². The zero-order chi connectivity index (χ0) is 21.4. The number of ether oxygens (including phenoxy) is 1. The molecule has 5 nitrogen and oxygen atoms in total. The molecule has 0 amide bonds. The Morgan fingerprint density at radius 2 is 1.77 bits per heavy atom. The molecule has 1 unspecified atom stereocenters. The van der Waals surface area contributed by atoms with Gasteiger partial charge in [0.15, 0.2) is 0 Å². The van der Waals surface area contributed by atoms with Crippen LogP contribution in [0.1, 0.15) is 17.5 Å². The summed E-state index contributed by atoms with van der Waals surface area (Å²) in [6, 6.07) is 15.4. The van der Waals surface area contributed by atoms with E-state index in [0.717, 1.165) is 23.0 Å². The molecule has 0 N–H and O–H groups in total. The minimum Gasteiger partial charge on any atom is -0.473 e. The van der Waals surface area contributed by atoms with Crippen LogP contribution in [-0.2, 0) is 22.0 Å². The third kappa shape index (κ3) is 4.57. The monoisotopic (exact) mass is 436 g/mol. The fourth-order valence-electron chi connectivity index (χ4n) is 3.42. The van der Waals surface area contributed by atoms with E-state index in [1.807, 2.05) is 30.3 Å². The number of sulfonamides is 1. The lowest BCUT2D eigenvalue weighted by Crippen LogP contribution is -2.32. The van der Waals surface area contributed by atoms with Crippen molar-refractivity contribution in [3.63, 3.8) is 0 Å². The van der Waals surface area contributed by atoms with Crippen LogP contribution < -0.4 is 4.74 Å². The molecule has 1 fully saturated rings. The molecule has 9 heteroatoms. The normalized spacial score (nSPS) is 18.0. The second-order valence-electron chi connectivity index (χ2n) is 7.18. The number of alkyl halides is 3. The van der Waals surface area contributed by atoms with Crippen LogP contribution in [0.25, 0.3) is 10.9 Å². The van der Waals surface area contributed by atoms with Crippen molar-refractivity contribution in [1.29, 1.82) is 0 Å². The molecule has 30 heavy (non-hydrogen) atoms. The summed E-state index contributed by atoms with van der Waals surface area (Å²) >= 11 is 0. The molecule has 0 aliphatic carbocycles. The Bertz CT molecular complexity index is 1150. The van der Waals surface area contributed by atoms with E-state index in [0.29, 0.717) is 24.4 Å². The fraction of sp³-hybridized carbons (Fsp3) is 0.286. The number of halogens is 3. The molecule has 1 atom stereocenters. The van der Waals surface area contributed by atoms with E-state index < -0.39 is 21.8 Å². The zero-order valence-electron chi connectivity index (χ0n) is 15.8. The molecule has 2 heterocycles. The number of nitrogens with zero attached hydrogens (tertiary/aromatic N) is 2. The first kappa shape index (κ1) is 20.6. The standard InChI is InChI=1S/C21H19F3N2O3S/c22-21(23,24)17-8-5-15(6-9-17)14-30(27,28)26-12-11-18(13-26)29-20-10-7-16-3-1-2-4-19(16)25-20/h1-10,18H,11-14H2. The second kappa shape index (κ2) is 7.88. The molecular weight excluding hydrogens is 417 g/mol. The van der Waals surface area contributed by atoms with Gasteiger partial charge in [-0.3, -0.25) is 0 Å². The van der Waals surface area contributed by atoms with Gasteiger partial charge < -0.3 is 4.74 Å². The molecule has 158 valence electrons. The third-order valence-electron chi connectivity index (χ3n) is 4.99. The fourth-order valence-corrected chi connectivity index (χ4v) is 5.00. The summed E-state index contributed by atoms with van der Waals surface area (Å²) in [6.07, 6.45) is -4.27. The number of para-hydroxylation sites is 1. The molecule has 1 aromatic heterocycles. The molecule has 0 bridgehead atoms. The summed E-state index contributed by atoms with van der Waals surface area (Å²) in [5.74, 6) is 0.0761. The first-order chi connectivity index (χ1) is 14.2. The maximum absolute atomic E-state index is 12.7. The summed E-state index contributed by atoms with van der Waals surface area (Å²) in [5, 5.41) is 0.983. The number of pyridine rings is 1. The summed E-state index contributed by atoms with van der Waals surface area (Å²) in [7, 11) is -3.67. The van der Waals surface area contributed by atoms with Crippen molar-refractivity contribution in [3.05, 3.63) is 71.8 Å². The Kier molecular flexibility index (Phi) is 5.42. The number of fused-ring (bicyclic) bond motifs is 1. The highest BCUT2D eigenvalue weighted by Gasteiger charge is 2.33. The minimum atomic E-state index is -4.45.